The first kappa shape index (κ1) is 20.5. The Morgan fingerprint density at radius 1 is 1.23 bits per heavy atom. The van der Waals surface area contributed by atoms with Crippen LogP contribution in [0.15, 0.2) is 24.4 Å². The van der Waals surface area contributed by atoms with Gasteiger partial charge in [-0.25, -0.2) is 15.0 Å². The zero-order valence-electron chi connectivity index (χ0n) is 17.8. The predicted octanol–water partition coefficient (Wildman–Crippen LogP) is 2.46. The van der Waals surface area contributed by atoms with E-state index in [1.54, 1.807) is 6.20 Å². The SMILES string of the molecule is CCC(=O)N1CCC(c2cc(N3CCOC[C@H]3C)nc(-c3ccnc(N)c3)n2)CC1. The Balaban J connectivity index is 1.66. The van der Waals surface area contributed by atoms with Crippen molar-refractivity contribution in [3.63, 3.8) is 0 Å². The van der Waals surface area contributed by atoms with Crippen LogP contribution in [0.25, 0.3) is 11.4 Å². The Morgan fingerprint density at radius 2 is 2.03 bits per heavy atom. The molecule has 2 aromatic heterocycles. The number of aromatic nitrogens is 3. The Bertz CT molecular complexity index is 897. The summed E-state index contributed by atoms with van der Waals surface area (Å²) in [7, 11) is 0. The molecule has 0 saturated carbocycles. The lowest BCUT2D eigenvalue weighted by atomic mass is 9.92. The van der Waals surface area contributed by atoms with E-state index in [2.05, 4.69) is 22.9 Å². The van der Waals surface area contributed by atoms with E-state index in [4.69, 9.17) is 20.4 Å². The van der Waals surface area contributed by atoms with E-state index in [1.165, 1.54) is 0 Å². The number of nitrogen functional groups attached to an aromatic ring is 1. The molecule has 4 heterocycles. The molecule has 2 N–H and O–H groups in total. The van der Waals surface area contributed by atoms with Gasteiger partial charge in [0, 0.05) is 55.5 Å². The van der Waals surface area contributed by atoms with Gasteiger partial charge in [0.1, 0.15) is 11.6 Å². The quantitative estimate of drug-likeness (QED) is 0.827. The lowest BCUT2D eigenvalue weighted by Crippen LogP contribution is -2.44. The van der Waals surface area contributed by atoms with Crippen molar-refractivity contribution in [2.45, 2.75) is 45.1 Å². The van der Waals surface area contributed by atoms with Crippen molar-refractivity contribution in [3.8, 4) is 11.4 Å². The highest BCUT2D eigenvalue weighted by atomic mass is 16.5. The summed E-state index contributed by atoms with van der Waals surface area (Å²) in [6.45, 7) is 7.82. The number of rotatable bonds is 4. The lowest BCUT2D eigenvalue weighted by molar-refractivity contribution is -0.131. The maximum absolute atomic E-state index is 12.0. The Kier molecular flexibility index (Phi) is 6.13. The van der Waals surface area contributed by atoms with Gasteiger partial charge in [-0.15, -0.1) is 0 Å². The molecule has 0 aliphatic carbocycles. The largest absolute Gasteiger partial charge is 0.384 e. The number of amides is 1. The molecule has 0 bridgehead atoms. The molecule has 0 spiro atoms. The number of morpholine rings is 1. The summed E-state index contributed by atoms with van der Waals surface area (Å²) >= 11 is 0. The molecule has 0 radical (unpaired) electrons. The van der Waals surface area contributed by atoms with E-state index in [0.29, 0.717) is 37.2 Å². The predicted molar refractivity (Wildman–Crippen MR) is 116 cm³/mol. The van der Waals surface area contributed by atoms with Gasteiger partial charge >= 0.3 is 0 Å². The summed E-state index contributed by atoms with van der Waals surface area (Å²) in [4.78, 5) is 30.2. The Hall–Kier alpha value is -2.74. The monoisotopic (exact) mass is 410 g/mol. The second-order valence-electron chi connectivity index (χ2n) is 8.07. The first-order valence-corrected chi connectivity index (χ1v) is 10.8. The number of nitrogens with zero attached hydrogens (tertiary/aromatic N) is 5. The van der Waals surface area contributed by atoms with Gasteiger partial charge < -0.3 is 20.3 Å². The van der Waals surface area contributed by atoms with Crippen LogP contribution in [-0.4, -0.2) is 64.6 Å². The highest BCUT2D eigenvalue weighted by molar-refractivity contribution is 5.75. The van der Waals surface area contributed by atoms with Crippen molar-refractivity contribution in [2.75, 3.05) is 43.5 Å². The van der Waals surface area contributed by atoms with Crippen LogP contribution >= 0.6 is 0 Å². The highest BCUT2D eigenvalue weighted by Crippen LogP contribution is 2.32. The minimum atomic E-state index is 0.229. The molecule has 2 aliphatic heterocycles. The number of nitrogens with two attached hydrogens (primary N) is 1. The van der Waals surface area contributed by atoms with E-state index in [-0.39, 0.29) is 11.9 Å². The molecule has 0 unspecified atom stereocenters. The molecule has 2 aliphatic rings. The highest BCUT2D eigenvalue weighted by Gasteiger charge is 2.27. The minimum Gasteiger partial charge on any atom is -0.384 e. The van der Waals surface area contributed by atoms with Crippen LogP contribution in [-0.2, 0) is 9.53 Å². The summed E-state index contributed by atoms with van der Waals surface area (Å²) in [6, 6.07) is 6.08. The van der Waals surface area contributed by atoms with Crippen molar-refractivity contribution in [2.24, 2.45) is 0 Å². The first-order chi connectivity index (χ1) is 14.5. The van der Waals surface area contributed by atoms with Crippen LogP contribution in [0.2, 0.25) is 0 Å². The average Bonchev–Trinajstić information content (AvgIpc) is 2.78. The van der Waals surface area contributed by atoms with E-state index < -0.39 is 0 Å². The molecular formula is C22H30N6O2. The third-order valence-electron chi connectivity index (χ3n) is 6.00. The molecule has 160 valence electrons. The number of pyridine rings is 1. The number of likely N-dealkylation sites (tertiary alicyclic amines) is 1. The molecule has 2 saturated heterocycles. The fraction of sp³-hybridized carbons (Fsp3) is 0.545. The van der Waals surface area contributed by atoms with Gasteiger partial charge in [0.15, 0.2) is 5.82 Å². The molecule has 30 heavy (non-hydrogen) atoms. The summed E-state index contributed by atoms with van der Waals surface area (Å²) in [5.74, 6) is 2.58. The first-order valence-electron chi connectivity index (χ1n) is 10.8. The average molecular weight is 411 g/mol. The van der Waals surface area contributed by atoms with Gasteiger partial charge in [0.05, 0.1) is 19.3 Å². The molecule has 1 amide bonds. The van der Waals surface area contributed by atoms with Gasteiger partial charge in [0.25, 0.3) is 0 Å². The summed E-state index contributed by atoms with van der Waals surface area (Å²) < 4.78 is 5.61. The minimum absolute atomic E-state index is 0.229. The second-order valence-corrected chi connectivity index (χ2v) is 8.07. The second kappa shape index (κ2) is 8.95. The van der Waals surface area contributed by atoms with Gasteiger partial charge in [-0.2, -0.15) is 0 Å². The summed E-state index contributed by atoms with van der Waals surface area (Å²) in [5.41, 5.74) is 7.81. The van der Waals surface area contributed by atoms with Gasteiger partial charge in [-0.3, -0.25) is 4.79 Å². The zero-order valence-corrected chi connectivity index (χ0v) is 17.8. The number of anilines is 2. The number of hydrogen-bond donors (Lipinski definition) is 1. The Morgan fingerprint density at radius 3 is 2.73 bits per heavy atom. The number of carbonyl (C=O) groups is 1. The molecule has 4 rings (SSSR count). The van der Waals surface area contributed by atoms with E-state index in [9.17, 15) is 4.79 Å². The zero-order chi connectivity index (χ0) is 21.1. The normalized spacial score (nSPS) is 20.4. The van der Waals surface area contributed by atoms with Crippen LogP contribution in [0.1, 0.15) is 44.7 Å². The van der Waals surface area contributed by atoms with E-state index in [0.717, 1.165) is 49.6 Å². The van der Waals surface area contributed by atoms with Crippen molar-refractivity contribution >= 4 is 17.5 Å². The van der Waals surface area contributed by atoms with Crippen molar-refractivity contribution < 1.29 is 9.53 Å². The molecule has 0 aromatic carbocycles. The maximum atomic E-state index is 12.0. The fourth-order valence-electron chi connectivity index (χ4n) is 4.24. The topological polar surface area (TPSA) is 97.5 Å². The van der Waals surface area contributed by atoms with Crippen LogP contribution in [0.3, 0.4) is 0 Å². The third-order valence-corrected chi connectivity index (χ3v) is 6.00. The standard InChI is InChI=1S/C22H30N6O2/c1-3-21(29)27-8-5-16(6-9-27)18-13-20(28-10-11-30-14-15(28)2)26-22(25-18)17-4-7-24-19(23)12-17/h4,7,12-13,15-16H,3,5-6,8-11,14H2,1-2H3,(H2,23,24)/t15-/m1/s1. The molecule has 1 atom stereocenters. The summed E-state index contributed by atoms with van der Waals surface area (Å²) in [5, 5.41) is 0. The van der Waals surface area contributed by atoms with Crippen LogP contribution in [0.5, 0.6) is 0 Å². The van der Waals surface area contributed by atoms with Crippen molar-refractivity contribution in [3.05, 3.63) is 30.1 Å². The number of ether oxygens (including phenoxy) is 1. The van der Waals surface area contributed by atoms with Gasteiger partial charge in [0.2, 0.25) is 5.91 Å². The number of hydrogen-bond acceptors (Lipinski definition) is 7. The van der Waals surface area contributed by atoms with Crippen molar-refractivity contribution in [1.82, 2.24) is 19.9 Å². The smallest absolute Gasteiger partial charge is 0.222 e. The van der Waals surface area contributed by atoms with Crippen LogP contribution < -0.4 is 10.6 Å². The molecule has 2 aromatic rings. The van der Waals surface area contributed by atoms with E-state index >= 15 is 0 Å². The molecular weight excluding hydrogens is 380 g/mol. The summed E-state index contributed by atoms with van der Waals surface area (Å²) in [6.07, 6.45) is 4.08. The fourth-order valence-corrected chi connectivity index (χ4v) is 4.24. The van der Waals surface area contributed by atoms with Gasteiger partial charge in [-0.05, 0) is 31.9 Å². The Labute approximate surface area is 177 Å². The number of piperidine rings is 1. The lowest BCUT2D eigenvalue weighted by Gasteiger charge is -2.35. The third kappa shape index (κ3) is 4.38. The maximum Gasteiger partial charge on any atom is 0.222 e. The van der Waals surface area contributed by atoms with Crippen molar-refractivity contribution in [1.29, 1.82) is 0 Å². The van der Waals surface area contributed by atoms with E-state index in [1.807, 2.05) is 24.0 Å². The molecule has 8 heteroatoms. The van der Waals surface area contributed by atoms with Crippen LogP contribution in [0, 0.1) is 0 Å². The van der Waals surface area contributed by atoms with Gasteiger partial charge in [-0.1, -0.05) is 6.92 Å². The molecule has 2 fully saturated rings. The number of carbonyl (C=O) groups excluding carboxylic acids is 1. The molecule has 8 nitrogen and oxygen atoms in total. The van der Waals surface area contributed by atoms with Crippen LogP contribution in [0.4, 0.5) is 11.6 Å².